The van der Waals surface area contributed by atoms with E-state index in [-0.39, 0.29) is 18.1 Å². The second-order valence-electron chi connectivity index (χ2n) is 8.29. The number of nitrogens with zero attached hydrogens (tertiary/aromatic N) is 1. The standard InChI is InChI=1S/C28H24Cl2N2O5S/c1-3-36-24-12-18(8-11-23(24)37-16-19-9-10-20(29)14-21(19)30)13-25-27(34)32(28(35)38-25)15-26(33)31-22-7-5-4-6-17(22)2/h4-14H,3,15-16H2,1-2H3,(H,31,33)/b25-13+. The third-order valence-electron chi connectivity index (χ3n) is 5.56. The van der Waals surface area contributed by atoms with Crippen LogP contribution in [0.25, 0.3) is 6.08 Å². The molecule has 0 aliphatic carbocycles. The van der Waals surface area contributed by atoms with Crippen LogP contribution in [0.15, 0.2) is 65.6 Å². The summed E-state index contributed by atoms with van der Waals surface area (Å²) in [5.74, 6) is -0.0152. The normalized spacial score (nSPS) is 14.2. The molecule has 0 atom stereocenters. The van der Waals surface area contributed by atoms with Crippen molar-refractivity contribution in [2.24, 2.45) is 0 Å². The zero-order chi connectivity index (χ0) is 27.2. The number of amides is 3. The number of benzene rings is 3. The van der Waals surface area contributed by atoms with Gasteiger partial charge >= 0.3 is 0 Å². The molecule has 1 N–H and O–H groups in total. The Hall–Kier alpha value is -3.46. The molecule has 1 heterocycles. The van der Waals surface area contributed by atoms with Crippen LogP contribution in [0.2, 0.25) is 10.0 Å². The molecule has 4 rings (SSSR count). The van der Waals surface area contributed by atoms with Gasteiger partial charge in [-0.05, 0) is 73.1 Å². The van der Waals surface area contributed by atoms with Gasteiger partial charge in [-0.1, -0.05) is 53.5 Å². The van der Waals surface area contributed by atoms with E-state index in [9.17, 15) is 14.4 Å². The molecule has 0 bridgehead atoms. The number of para-hydroxylation sites is 1. The molecular weight excluding hydrogens is 547 g/mol. The fourth-order valence-electron chi connectivity index (χ4n) is 3.63. The lowest BCUT2D eigenvalue weighted by atomic mass is 10.1. The maximum absolute atomic E-state index is 12.9. The number of hydrogen-bond donors (Lipinski definition) is 1. The first-order valence-electron chi connectivity index (χ1n) is 11.7. The van der Waals surface area contributed by atoms with E-state index in [0.29, 0.717) is 39.4 Å². The molecule has 0 unspecified atom stereocenters. The van der Waals surface area contributed by atoms with Gasteiger partial charge in [0.25, 0.3) is 11.1 Å². The van der Waals surface area contributed by atoms with Gasteiger partial charge in [-0.15, -0.1) is 0 Å². The molecule has 38 heavy (non-hydrogen) atoms. The third kappa shape index (κ3) is 6.69. The molecule has 196 valence electrons. The van der Waals surface area contributed by atoms with Crippen LogP contribution in [0, 0.1) is 6.92 Å². The SMILES string of the molecule is CCOc1cc(/C=C2/SC(=O)N(CC(=O)Nc3ccccc3C)C2=O)ccc1OCc1ccc(Cl)cc1Cl. The second-order valence-corrected chi connectivity index (χ2v) is 10.1. The Balaban J connectivity index is 1.46. The predicted molar refractivity (Wildman–Crippen MR) is 151 cm³/mol. The van der Waals surface area contributed by atoms with Gasteiger partial charge in [0, 0.05) is 21.3 Å². The highest BCUT2D eigenvalue weighted by molar-refractivity contribution is 8.18. The van der Waals surface area contributed by atoms with Crippen molar-refractivity contribution < 1.29 is 23.9 Å². The number of ether oxygens (including phenoxy) is 2. The van der Waals surface area contributed by atoms with E-state index in [1.807, 2.05) is 26.0 Å². The summed E-state index contributed by atoms with van der Waals surface area (Å²) in [5.41, 5.74) is 2.91. The molecule has 1 aliphatic rings. The first kappa shape index (κ1) is 27.6. The van der Waals surface area contributed by atoms with Gasteiger partial charge in [-0.2, -0.15) is 0 Å². The zero-order valence-corrected chi connectivity index (χ0v) is 23.0. The van der Waals surface area contributed by atoms with Crippen LogP contribution in [0.3, 0.4) is 0 Å². The monoisotopic (exact) mass is 570 g/mol. The quantitative estimate of drug-likeness (QED) is 0.280. The van der Waals surface area contributed by atoms with E-state index in [1.54, 1.807) is 54.6 Å². The van der Waals surface area contributed by atoms with E-state index < -0.39 is 17.1 Å². The maximum atomic E-state index is 12.9. The van der Waals surface area contributed by atoms with E-state index >= 15 is 0 Å². The summed E-state index contributed by atoms with van der Waals surface area (Å²) in [6.45, 7) is 3.94. The van der Waals surface area contributed by atoms with E-state index in [0.717, 1.165) is 27.8 Å². The summed E-state index contributed by atoms with van der Waals surface area (Å²) in [6.07, 6.45) is 1.59. The van der Waals surface area contributed by atoms with E-state index in [2.05, 4.69) is 5.32 Å². The molecule has 0 saturated carbocycles. The summed E-state index contributed by atoms with van der Waals surface area (Å²) in [7, 11) is 0. The van der Waals surface area contributed by atoms with Gasteiger partial charge in [-0.3, -0.25) is 19.3 Å². The third-order valence-corrected chi connectivity index (χ3v) is 7.05. The number of carbonyl (C=O) groups is 3. The van der Waals surface area contributed by atoms with E-state index in [1.165, 1.54) is 0 Å². The molecule has 3 aromatic carbocycles. The highest BCUT2D eigenvalue weighted by atomic mass is 35.5. The summed E-state index contributed by atoms with van der Waals surface area (Å²) in [6, 6.07) is 17.6. The highest BCUT2D eigenvalue weighted by Gasteiger charge is 2.36. The van der Waals surface area contributed by atoms with Crippen molar-refractivity contribution in [2.45, 2.75) is 20.5 Å². The number of hydrogen-bond acceptors (Lipinski definition) is 6. The van der Waals surface area contributed by atoms with Crippen molar-refractivity contribution in [2.75, 3.05) is 18.5 Å². The molecule has 7 nitrogen and oxygen atoms in total. The molecule has 0 aromatic heterocycles. The average Bonchev–Trinajstić information content (AvgIpc) is 3.13. The van der Waals surface area contributed by atoms with Crippen LogP contribution in [0.4, 0.5) is 10.5 Å². The molecule has 0 spiro atoms. The molecule has 1 aliphatic heterocycles. The van der Waals surface area contributed by atoms with Crippen LogP contribution < -0.4 is 14.8 Å². The van der Waals surface area contributed by atoms with Crippen molar-refractivity contribution in [3.05, 3.63) is 92.3 Å². The van der Waals surface area contributed by atoms with E-state index in [4.69, 9.17) is 32.7 Å². The molecule has 3 amide bonds. The first-order chi connectivity index (χ1) is 18.2. The van der Waals surface area contributed by atoms with Crippen LogP contribution in [0.5, 0.6) is 11.5 Å². The fourth-order valence-corrected chi connectivity index (χ4v) is 4.93. The minimum Gasteiger partial charge on any atom is -0.490 e. The number of aryl methyl sites for hydroxylation is 1. The largest absolute Gasteiger partial charge is 0.490 e. The minimum atomic E-state index is -0.532. The number of carbonyl (C=O) groups excluding carboxylic acids is 3. The average molecular weight is 571 g/mol. The molecule has 3 aromatic rings. The lowest BCUT2D eigenvalue weighted by Crippen LogP contribution is -2.36. The van der Waals surface area contributed by atoms with Crippen molar-refractivity contribution in [3.8, 4) is 11.5 Å². The number of thioether (sulfide) groups is 1. The van der Waals surface area contributed by atoms with Crippen molar-refractivity contribution in [3.63, 3.8) is 0 Å². The van der Waals surface area contributed by atoms with Crippen LogP contribution in [-0.2, 0) is 16.2 Å². The highest BCUT2D eigenvalue weighted by Crippen LogP contribution is 2.35. The molecule has 10 heteroatoms. The molecular formula is C28H24Cl2N2O5S. The summed E-state index contributed by atoms with van der Waals surface area (Å²) in [5, 5.41) is 3.27. The maximum Gasteiger partial charge on any atom is 0.294 e. The Labute approximate surface area is 234 Å². The Morgan fingerprint density at radius 1 is 1.03 bits per heavy atom. The van der Waals surface area contributed by atoms with Crippen molar-refractivity contribution >= 4 is 63.8 Å². The zero-order valence-electron chi connectivity index (χ0n) is 20.6. The summed E-state index contributed by atoms with van der Waals surface area (Å²) >= 11 is 13.0. The number of nitrogens with one attached hydrogen (secondary N) is 1. The van der Waals surface area contributed by atoms with Gasteiger partial charge in [-0.25, -0.2) is 0 Å². The van der Waals surface area contributed by atoms with Crippen LogP contribution >= 0.6 is 35.0 Å². The lowest BCUT2D eigenvalue weighted by Gasteiger charge is -2.14. The minimum absolute atomic E-state index is 0.207. The van der Waals surface area contributed by atoms with Crippen molar-refractivity contribution in [1.29, 1.82) is 0 Å². The molecule has 1 saturated heterocycles. The first-order valence-corrected chi connectivity index (χ1v) is 13.3. The smallest absolute Gasteiger partial charge is 0.294 e. The number of halogens is 2. The Bertz CT molecular complexity index is 1430. The summed E-state index contributed by atoms with van der Waals surface area (Å²) < 4.78 is 11.7. The number of imide groups is 1. The van der Waals surface area contributed by atoms with Gasteiger partial charge in [0.15, 0.2) is 11.5 Å². The fraction of sp³-hybridized carbons (Fsp3) is 0.179. The van der Waals surface area contributed by atoms with Crippen LogP contribution in [0.1, 0.15) is 23.6 Å². The topological polar surface area (TPSA) is 84.9 Å². The van der Waals surface area contributed by atoms with Gasteiger partial charge in [0.05, 0.1) is 11.5 Å². The summed E-state index contributed by atoms with van der Waals surface area (Å²) in [4.78, 5) is 39.1. The molecule has 0 radical (unpaired) electrons. The molecule has 1 fully saturated rings. The number of anilines is 1. The van der Waals surface area contributed by atoms with Gasteiger partial charge in [0.2, 0.25) is 5.91 Å². The Kier molecular flexibility index (Phi) is 8.99. The predicted octanol–water partition coefficient (Wildman–Crippen LogP) is 6.95. The van der Waals surface area contributed by atoms with Crippen LogP contribution in [-0.4, -0.2) is 35.1 Å². The van der Waals surface area contributed by atoms with Gasteiger partial charge in [0.1, 0.15) is 13.2 Å². The lowest BCUT2D eigenvalue weighted by molar-refractivity contribution is -0.127. The second kappa shape index (κ2) is 12.4. The Morgan fingerprint density at radius 3 is 2.55 bits per heavy atom. The van der Waals surface area contributed by atoms with Gasteiger partial charge < -0.3 is 14.8 Å². The number of rotatable bonds is 9. The Morgan fingerprint density at radius 2 is 1.82 bits per heavy atom. The van der Waals surface area contributed by atoms with Crippen molar-refractivity contribution in [1.82, 2.24) is 4.90 Å².